The lowest BCUT2D eigenvalue weighted by Crippen LogP contribution is -2.20. The molecule has 0 aromatic heterocycles. The Kier molecular flexibility index (Phi) is 5.81. The molecule has 13 heavy (non-hydrogen) atoms. The van der Waals surface area contributed by atoms with E-state index in [9.17, 15) is 4.21 Å². The molecular weight excluding hydrogens is 182 g/mol. The monoisotopic (exact) mass is 205 g/mol. The maximum atomic E-state index is 11.6. The second kappa shape index (κ2) is 5.76. The average Bonchev–Trinajstić information content (AvgIpc) is 1.99. The largest absolute Gasteiger partial charge is 0.330 e. The first kappa shape index (κ1) is 13.1. The SMILES string of the molecule is CC(CCN)S(=O)CCC(C)(C)C. The Morgan fingerprint density at radius 1 is 1.38 bits per heavy atom. The molecule has 0 aliphatic heterocycles. The van der Waals surface area contributed by atoms with Crippen LogP contribution in [0.2, 0.25) is 0 Å². The molecule has 0 rings (SSSR count). The molecule has 0 amide bonds. The lowest BCUT2D eigenvalue weighted by molar-refractivity contribution is 0.399. The Hall–Kier alpha value is 0.110. The average molecular weight is 205 g/mol. The minimum atomic E-state index is -0.691. The van der Waals surface area contributed by atoms with Gasteiger partial charge in [-0.3, -0.25) is 4.21 Å². The van der Waals surface area contributed by atoms with Gasteiger partial charge >= 0.3 is 0 Å². The van der Waals surface area contributed by atoms with Gasteiger partial charge in [-0.15, -0.1) is 0 Å². The van der Waals surface area contributed by atoms with Gasteiger partial charge in [-0.05, 0) is 24.8 Å². The fraction of sp³-hybridized carbons (Fsp3) is 1.00. The summed E-state index contributed by atoms with van der Waals surface area (Å²) in [4.78, 5) is 0. The lowest BCUT2D eigenvalue weighted by Gasteiger charge is -2.19. The quantitative estimate of drug-likeness (QED) is 0.745. The molecule has 0 fully saturated rings. The van der Waals surface area contributed by atoms with E-state index in [0.717, 1.165) is 18.6 Å². The van der Waals surface area contributed by atoms with Crippen molar-refractivity contribution in [1.29, 1.82) is 0 Å². The summed E-state index contributed by atoms with van der Waals surface area (Å²) in [5.41, 5.74) is 5.70. The van der Waals surface area contributed by atoms with E-state index in [1.807, 2.05) is 6.92 Å². The summed E-state index contributed by atoms with van der Waals surface area (Å²) in [7, 11) is -0.691. The molecule has 0 aliphatic rings. The van der Waals surface area contributed by atoms with Gasteiger partial charge in [0.1, 0.15) is 0 Å². The first-order valence-corrected chi connectivity index (χ1v) is 6.32. The maximum absolute atomic E-state index is 11.6. The second-order valence-corrected chi connectivity index (χ2v) is 6.76. The molecule has 0 saturated heterocycles. The highest BCUT2D eigenvalue weighted by Crippen LogP contribution is 2.19. The molecule has 0 aromatic rings. The summed E-state index contributed by atoms with van der Waals surface area (Å²) in [6, 6.07) is 0. The number of rotatable bonds is 5. The third-order valence-electron chi connectivity index (χ3n) is 2.08. The van der Waals surface area contributed by atoms with Gasteiger partial charge in [0.05, 0.1) is 0 Å². The molecular formula is C10H23NOS. The smallest absolute Gasteiger partial charge is 0.0331 e. The van der Waals surface area contributed by atoms with Crippen molar-refractivity contribution in [3.05, 3.63) is 0 Å². The van der Waals surface area contributed by atoms with Crippen molar-refractivity contribution in [3.63, 3.8) is 0 Å². The third kappa shape index (κ3) is 7.20. The number of hydrogen-bond donors (Lipinski definition) is 1. The molecule has 2 N–H and O–H groups in total. The van der Waals surface area contributed by atoms with Gasteiger partial charge in [0.25, 0.3) is 0 Å². The Morgan fingerprint density at radius 2 is 1.92 bits per heavy atom. The van der Waals surface area contributed by atoms with E-state index in [4.69, 9.17) is 5.73 Å². The first-order chi connectivity index (χ1) is 5.87. The summed E-state index contributed by atoms with van der Waals surface area (Å²) in [5.74, 6) is 0.810. The normalized spacial score (nSPS) is 17.0. The minimum Gasteiger partial charge on any atom is -0.330 e. The first-order valence-electron chi connectivity index (χ1n) is 4.94. The zero-order valence-electron chi connectivity index (χ0n) is 9.30. The molecule has 2 unspecified atom stereocenters. The summed E-state index contributed by atoms with van der Waals surface area (Å²) in [6.45, 7) is 9.20. The highest BCUT2D eigenvalue weighted by Gasteiger charge is 2.15. The highest BCUT2D eigenvalue weighted by molar-refractivity contribution is 7.85. The van der Waals surface area contributed by atoms with E-state index < -0.39 is 10.8 Å². The molecule has 0 heterocycles. The van der Waals surface area contributed by atoms with Crippen LogP contribution in [0, 0.1) is 5.41 Å². The van der Waals surface area contributed by atoms with Crippen LogP contribution in [0.25, 0.3) is 0 Å². The van der Waals surface area contributed by atoms with E-state index in [0.29, 0.717) is 6.54 Å². The van der Waals surface area contributed by atoms with Crippen molar-refractivity contribution >= 4 is 10.8 Å². The fourth-order valence-electron chi connectivity index (χ4n) is 0.974. The predicted molar refractivity (Wildman–Crippen MR) is 60.2 cm³/mol. The van der Waals surface area contributed by atoms with Crippen LogP contribution in [-0.4, -0.2) is 21.8 Å². The van der Waals surface area contributed by atoms with Crippen molar-refractivity contribution in [2.45, 2.75) is 45.8 Å². The van der Waals surface area contributed by atoms with Crippen molar-refractivity contribution in [2.75, 3.05) is 12.3 Å². The molecule has 0 aromatic carbocycles. The van der Waals surface area contributed by atoms with Crippen LogP contribution in [0.15, 0.2) is 0 Å². The number of nitrogens with two attached hydrogens (primary N) is 1. The summed E-state index contributed by atoms with van der Waals surface area (Å²) in [5, 5.41) is 0.257. The zero-order chi connectivity index (χ0) is 10.5. The number of hydrogen-bond acceptors (Lipinski definition) is 2. The van der Waals surface area contributed by atoms with Crippen molar-refractivity contribution in [1.82, 2.24) is 0 Å². The van der Waals surface area contributed by atoms with Crippen LogP contribution in [0.5, 0.6) is 0 Å². The van der Waals surface area contributed by atoms with Crippen LogP contribution >= 0.6 is 0 Å². The molecule has 2 atom stereocenters. The standard InChI is InChI=1S/C10H23NOS/c1-9(5-7-11)13(12)8-6-10(2,3)4/h9H,5-8,11H2,1-4H3. The van der Waals surface area contributed by atoms with Crippen molar-refractivity contribution in [2.24, 2.45) is 11.1 Å². The van der Waals surface area contributed by atoms with E-state index in [1.54, 1.807) is 0 Å². The van der Waals surface area contributed by atoms with Crippen LogP contribution in [0.3, 0.4) is 0 Å². The van der Waals surface area contributed by atoms with Gasteiger partial charge in [0.15, 0.2) is 0 Å². The van der Waals surface area contributed by atoms with Gasteiger partial charge in [-0.2, -0.15) is 0 Å². The maximum Gasteiger partial charge on any atom is 0.0331 e. The van der Waals surface area contributed by atoms with Gasteiger partial charge < -0.3 is 5.73 Å². The summed E-state index contributed by atoms with van der Waals surface area (Å²) in [6.07, 6.45) is 1.89. The molecule has 0 spiro atoms. The Morgan fingerprint density at radius 3 is 2.31 bits per heavy atom. The van der Waals surface area contributed by atoms with Gasteiger partial charge in [-0.1, -0.05) is 27.7 Å². The Balaban J connectivity index is 3.74. The van der Waals surface area contributed by atoms with E-state index in [1.165, 1.54) is 0 Å². The predicted octanol–water partition coefficient (Wildman–Crippen LogP) is 1.91. The topological polar surface area (TPSA) is 43.1 Å². The lowest BCUT2D eigenvalue weighted by atomic mass is 9.94. The van der Waals surface area contributed by atoms with Crippen molar-refractivity contribution < 1.29 is 4.21 Å². The third-order valence-corrected chi connectivity index (χ3v) is 3.81. The molecule has 2 nitrogen and oxygen atoms in total. The molecule has 3 heteroatoms. The van der Waals surface area contributed by atoms with E-state index >= 15 is 0 Å². The second-order valence-electron chi connectivity index (χ2n) is 4.78. The molecule has 0 aliphatic carbocycles. The zero-order valence-corrected chi connectivity index (χ0v) is 10.1. The fourth-order valence-corrected chi connectivity index (χ4v) is 2.59. The van der Waals surface area contributed by atoms with Crippen LogP contribution in [0.1, 0.15) is 40.5 Å². The summed E-state index contributed by atoms with van der Waals surface area (Å²) >= 11 is 0. The van der Waals surface area contributed by atoms with Crippen LogP contribution < -0.4 is 5.73 Å². The van der Waals surface area contributed by atoms with Crippen LogP contribution in [-0.2, 0) is 10.8 Å². The van der Waals surface area contributed by atoms with Gasteiger partial charge in [0, 0.05) is 21.8 Å². The van der Waals surface area contributed by atoms with Crippen molar-refractivity contribution in [3.8, 4) is 0 Å². The molecule has 0 radical (unpaired) electrons. The molecule has 0 saturated carbocycles. The summed E-state index contributed by atoms with van der Waals surface area (Å²) < 4.78 is 11.6. The van der Waals surface area contributed by atoms with E-state index in [2.05, 4.69) is 20.8 Å². The van der Waals surface area contributed by atoms with Gasteiger partial charge in [-0.25, -0.2) is 0 Å². The van der Waals surface area contributed by atoms with Gasteiger partial charge in [0.2, 0.25) is 0 Å². The Labute approximate surface area is 84.7 Å². The minimum absolute atomic E-state index is 0.257. The molecule has 0 bridgehead atoms. The Bertz CT molecular complexity index is 163. The highest BCUT2D eigenvalue weighted by atomic mass is 32.2. The van der Waals surface area contributed by atoms with E-state index in [-0.39, 0.29) is 10.7 Å². The van der Waals surface area contributed by atoms with Crippen LogP contribution in [0.4, 0.5) is 0 Å². The molecule has 80 valence electrons.